The molecule has 1 fully saturated rings. The van der Waals surface area contributed by atoms with Crippen molar-refractivity contribution in [3.63, 3.8) is 0 Å². The first-order valence-corrected chi connectivity index (χ1v) is 17.0. The lowest BCUT2D eigenvalue weighted by molar-refractivity contribution is -0.140. The Bertz CT molecular complexity index is 1770. The van der Waals surface area contributed by atoms with Gasteiger partial charge in [-0.3, -0.25) is 19.2 Å². The van der Waals surface area contributed by atoms with Crippen LogP contribution in [0.5, 0.6) is 0 Å². The topological polar surface area (TPSA) is 128 Å². The van der Waals surface area contributed by atoms with E-state index >= 15 is 0 Å². The van der Waals surface area contributed by atoms with Gasteiger partial charge < -0.3 is 30.2 Å². The van der Waals surface area contributed by atoms with Gasteiger partial charge in [-0.15, -0.1) is 0 Å². The minimum absolute atomic E-state index is 0.148. The number of benzene rings is 2. The molecule has 4 amide bonds. The van der Waals surface area contributed by atoms with Crippen molar-refractivity contribution in [1.82, 2.24) is 35.1 Å². The fourth-order valence-electron chi connectivity index (χ4n) is 6.18. The van der Waals surface area contributed by atoms with Gasteiger partial charge in [0.2, 0.25) is 11.8 Å². The highest BCUT2D eigenvalue weighted by atomic mass is 19.1. The molecule has 0 radical (unpaired) electrons. The van der Waals surface area contributed by atoms with E-state index in [1.165, 1.54) is 12.1 Å². The average Bonchev–Trinajstić information content (AvgIpc) is 3.72. The van der Waals surface area contributed by atoms with E-state index < -0.39 is 29.6 Å². The zero-order valence-corrected chi connectivity index (χ0v) is 29.2. The van der Waals surface area contributed by atoms with Gasteiger partial charge in [-0.1, -0.05) is 57.2 Å². The second kappa shape index (κ2) is 15.6. The zero-order valence-electron chi connectivity index (χ0n) is 29.2. The molecule has 3 N–H and O–H groups in total. The number of rotatable bonds is 12. The summed E-state index contributed by atoms with van der Waals surface area (Å²) in [5.41, 5.74) is 1.57. The Hall–Kier alpha value is -5.10. The summed E-state index contributed by atoms with van der Waals surface area (Å²) in [5.74, 6) is -1.54. The van der Waals surface area contributed by atoms with Crippen LogP contribution in [0.15, 0.2) is 85.2 Å². The highest BCUT2D eigenvalue weighted by Gasteiger charge is 2.44. The van der Waals surface area contributed by atoms with Crippen molar-refractivity contribution in [2.45, 2.75) is 64.7 Å². The first kappa shape index (κ1) is 36.2. The maximum absolute atomic E-state index is 14.5. The smallest absolute Gasteiger partial charge is 0.274 e. The van der Waals surface area contributed by atoms with E-state index in [1.807, 2.05) is 51.2 Å². The number of fused-ring (bicyclic) bond motifs is 1. The molecule has 1 saturated heterocycles. The average molecular weight is 684 g/mol. The molecule has 0 aliphatic carbocycles. The van der Waals surface area contributed by atoms with Crippen molar-refractivity contribution in [3.8, 4) is 0 Å². The van der Waals surface area contributed by atoms with E-state index in [9.17, 15) is 23.6 Å². The third-order valence-electron chi connectivity index (χ3n) is 9.18. The first-order valence-electron chi connectivity index (χ1n) is 17.0. The van der Waals surface area contributed by atoms with E-state index in [0.717, 1.165) is 5.56 Å². The first-order chi connectivity index (χ1) is 23.8. The van der Waals surface area contributed by atoms with Crippen LogP contribution in [0.1, 0.15) is 60.5 Å². The molecule has 0 bridgehead atoms. The second-order valence-electron chi connectivity index (χ2n) is 14.0. The van der Waals surface area contributed by atoms with Crippen LogP contribution in [0.4, 0.5) is 4.39 Å². The number of nitrogens with one attached hydrogen (secondary N) is 3. The van der Waals surface area contributed by atoms with Crippen molar-refractivity contribution in [2.24, 2.45) is 5.41 Å². The van der Waals surface area contributed by atoms with E-state index in [4.69, 9.17) is 0 Å². The zero-order chi connectivity index (χ0) is 36.0. The summed E-state index contributed by atoms with van der Waals surface area (Å²) in [4.78, 5) is 62.9. The SMILES string of the molecule is CN[C@@H](C)C(=O)N[C@H](C(=O)N1C[C@@H](NC(=O)c2ccccc2)C[C@H]1CN(CCc1ccc(F)cc1)C(=O)c1cn2ccccc2n1)C(C)(C)C. The van der Waals surface area contributed by atoms with Crippen LogP contribution in [0.2, 0.25) is 0 Å². The number of hydrogen-bond donors (Lipinski definition) is 3. The van der Waals surface area contributed by atoms with E-state index in [1.54, 1.807) is 70.8 Å². The van der Waals surface area contributed by atoms with Gasteiger partial charge in [-0.2, -0.15) is 0 Å². The minimum atomic E-state index is -0.876. The molecule has 4 aromatic rings. The molecule has 1 aliphatic rings. The standard InChI is InChI=1S/C38H46FN7O4/c1-25(40-5)34(47)43-33(38(2,3)4)37(50)46-22-29(41-35(48)27-11-7-6-8-12-27)21-30(46)23-45(20-18-26-14-16-28(39)17-15-26)36(49)31-24-44-19-10-9-13-32(44)42-31/h6-17,19,24-25,29-30,33,40H,18,20-23H2,1-5H3,(H,41,48)(H,43,47)/t25-,29-,30-,33+/m0/s1. The Morgan fingerprint density at radius 1 is 1.00 bits per heavy atom. The summed E-state index contributed by atoms with van der Waals surface area (Å²) >= 11 is 0. The van der Waals surface area contributed by atoms with E-state index in [-0.39, 0.29) is 54.8 Å². The molecular formula is C38H46FN7O4. The molecule has 50 heavy (non-hydrogen) atoms. The molecule has 1 aliphatic heterocycles. The van der Waals surface area contributed by atoms with Crippen LogP contribution in [0.3, 0.4) is 0 Å². The maximum atomic E-state index is 14.5. The summed E-state index contributed by atoms with van der Waals surface area (Å²) in [7, 11) is 1.68. The highest BCUT2D eigenvalue weighted by molar-refractivity contribution is 5.95. The molecule has 12 heteroatoms. The largest absolute Gasteiger partial charge is 0.347 e. The quantitative estimate of drug-likeness (QED) is 0.209. The summed E-state index contributed by atoms with van der Waals surface area (Å²) in [6, 6.07) is 18.2. The third-order valence-corrected chi connectivity index (χ3v) is 9.18. The number of carbonyl (C=O) groups is 4. The van der Waals surface area contributed by atoms with Gasteiger partial charge in [-0.25, -0.2) is 9.37 Å². The van der Waals surface area contributed by atoms with Gasteiger partial charge in [-0.05, 0) is 74.2 Å². The highest BCUT2D eigenvalue weighted by Crippen LogP contribution is 2.27. The molecule has 5 rings (SSSR count). The van der Waals surface area contributed by atoms with Crippen LogP contribution < -0.4 is 16.0 Å². The predicted molar refractivity (Wildman–Crippen MR) is 189 cm³/mol. The number of imidazole rings is 1. The molecule has 264 valence electrons. The summed E-state index contributed by atoms with van der Waals surface area (Å²) in [5, 5.41) is 8.96. The Morgan fingerprint density at radius 2 is 1.70 bits per heavy atom. The lowest BCUT2D eigenvalue weighted by Gasteiger charge is -2.37. The van der Waals surface area contributed by atoms with E-state index in [0.29, 0.717) is 24.1 Å². The lowest BCUT2D eigenvalue weighted by atomic mass is 9.85. The lowest BCUT2D eigenvalue weighted by Crippen LogP contribution is -2.59. The van der Waals surface area contributed by atoms with Crippen LogP contribution in [0.25, 0.3) is 5.65 Å². The van der Waals surface area contributed by atoms with Gasteiger partial charge in [0.25, 0.3) is 11.8 Å². The Labute approximate surface area is 292 Å². The molecule has 0 unspecified atom stereocenters. The molecule has 0 saturated carbocycles. The van der Waals surface area contributed by atoms with Crippen molar-refractivity contribution < 1.29 is 23.6 Å². The number of likely N-dealkylation sites (tertiary alicyclic amines) is 1. The molecule has 2 aromatic carbocycles. The van der Waals surface area contributed by atoms with E-state index in [2.05, 4.69) is 20.9 Å². The number of hydrogen-bond acceptors (Lipinski definition) is 6. The molecule has 11 nitrogen and oxygen atoms in total. The van der Waals surface area contributed by atoms with Crippen LogP contribution >= 0.6 is 0 Å². The normalized spacial score (nSPS) is 17.3. The fourth-order valence-corrected chi connectivity index (χ4v) is 6.18. The summed E-state index contributed by atoms with van der Waals surface area (Å²) in [6.45, 7) is 8.01. The van der Waals surface area contributed by atoms with Crippen LogP contribution in [-0.4, -0.2) is 93.7 Å². The Morgan fingerprint density at radius 3 is 2.36 bits per heavy atom. The third kappa shape index (κ3) is 8.73. The monoisotopic (exact) mass is 683 g/mol. The Kier molecular flexibility index (Phi) is 11.3. The minimum Gasteiger partial charge on any atom is -0.347 e. The molecular weight excluding hydrogens is 637 g/mol. The number of likely N-dealkylation sites (N-methyl/N-ethyl adjacent to an activating group) is 1. The molecule has 4 atom stereocenters. The molecule has 2 aromatic heterocycles. The summed E-state index contributed by atoms with van der Waals surface area (Å²) in [6.07, 6.45) is 4.32. The number of carbonyl (C=O) groups excluding carboxylic acids is 4. The second-order valence-corrected chi connectivity index (χ2v) is 14.0. The van der Waals surface area contributed by atoms with Gasteiger partial charge in [0, 0.05) is 43.6 Å². The van der Waals surface area contributed by atoms with Gasteiger partial charge in [0.1, 0.15) is 23.2 Å². The fraction of sp³-hybridized carbons (Fsp3) is 0.395. The number of halogens is 1. The maximum Gasteiger partial charge on any atom is 0.274 e. The van der Waals surface area contributed by atoms with Crippen molar-refractivity contribution in [3.05, 3.63) is 108 Å². The van der Waals surface area contributed by atoms with Crippen molar-refractivity contribution >= 4 is 29.3 Å². The van der Waals surface area contributed by atoms with Crippen molar-refractivity contribution in [1.29, 1.82) is 0 Å². The number of nitrogens with zero attached hydrogens (tertiary/aromatic N) is 4. The number of aromatic nitrogens is 2. The molecule has 3 heterocycles. The van der Waals surface area contributed by atoms with Crippen LogP contribution in [0, 0.1) is 11.2 Å². The number of pyridine rings is 1. The van der Waals surface area contributed by atoms with Gasteiger partial charge in [0.15, 0.2) is 0 Å². The molecule has 0 spiro atoms. The number of amides is 4. The van der Waals surface area contributed by atoms with Gasteiger partial charge >= 0.3 is 0 Å². The summed E-state index contributed by atoms with van der Waals surface area (Å²) < 4.78 is 15.5. The predicted octanol–water partition coefficient (Wildman–Crippen LogP) is 3.70. The Balaban J connectivity index is 1.46. The van der Waals surface area contributed by atoms with Crippen LogP contribution in [-0.2, 0) is 16.0 Å². The van der Waals surface area contributed by atoms with Crippen molar-refractivity contribution in [2.75, 3.05) is 26.7 Å². The van der Waals surface area contributed by atoms with Gasteiger partial charge in [0.05, 0.1) is 12.1 Å².